The molecule has 0 fully saturated rings. The van der Waals surface area contributed by atoms with Crippen molar-refractivity contribution in [2.24, 2.45) is 11.3 Å². The van der Waals surface area contributed by atoms with E-state index in [9.17, 15) is 4.79 Å². The normalized spacial score (nSPS) is 13.2. The SMILES string of the molecule is COCCN(C)c1cnn(CC(CS)C(C)(C)C)c(=O)c1. The van der Waals surface area contributed by atoms with Gasteiger partial charge >= 0.3 is 0 Å². The molecule has 0 radical (unpaired) electrons. The molecule has 0 aliphatic heterocycles. The van der Waals surface area contributed by atoms with Gasteiger partial charge in [0.15, 0.2) is 0 Å². The van der Waals surface area contributed by atoms with E-state index in [0.717, 1.165) is 18.0 Å². The van der Waals surface area contributed by atoms with Crippen LogP contribution in [-0.4, -0.2) is 42.8 Å². The minimum Gasteiger partial charge on any atom is -0.383 e. The zero-order valence-corrected chi connectivity index (χ0v) is 14.6. The molecule has 1 aromatic heterocycles. The first-order chi connectivity index (χ1) is 9.79. The molecule has 1 heterocycles. The largest absolute Gasteiger partial charge is 0.383 e. The lowest BCUT2D eigenvalue weighted by Crippen LogP contribution is -2.33. The van der Waals surface area contributed by atoms with Gasteiger partial charge in [-0.2, -0.15) is 17.7 Å². The highest BCUT2D eigenvalue weighted by Gasteiger charge is 2.24. The molecule has 0 aromatic carbocycles. The first kappa shape index (κ1) is 18.0. The molecule has 1 rings (SSSR count). The van der Waals surface area contributed by atoms with Crippen molar-refractivity contribution in [1.82, 2.24) is 9.78 Å². The number of rotatable bonds is 7. The first-order valence-corrected chi connectivity index (χ1v) is 7.81. The van der Waals surface area contributed by atoms with Crippen LogP contribution in [0.25, 0.3) is 0 Å². The highest BCUT2D eigenvalue weighted by atomic mass is 32.1. The Labute approximate surface area is 132 Å². The Balaban J connectivity index is 2.86. The average Bonchev–Trinajstić information content (AvgIpc) is 2.41. The third-order valence-electron chi connectivity index (χ3n) is 3.77. The molecule has 1 atom stereocenters. The number of nitrogens with zero attached hydrogens (tertiary/aromatic N) is 3. The molecule has 21 heavy (non-hydrogen) atoms. The van der Waals surface area contributed by atoms with E-state index in [1.165, 1.54) is 4.68 Å². The number of methoxy groups -OCH3 is 1. The Morgan fingerprint density at radius 1 is 1.48 bits per heavy atom. The minimum atomic E-state index is -0.0761. The minimum absolute atomic E-state index is 0.0761. The summed E-state index contributed by atoms with van der Waals surface area (Å²) in [4.78, 5) is 14.2. The third kappa shape index (κ3) is 5.36. The van der Waals surface area contributed by atoms with Gasteiger partial charge in [0, 0.05) is 33.3 Å². The first-order valence-electron chi connectivity index (χ1n) is 7.17. The topological polar surface area (TPSA) is 47.4 Å². The van der Waals surface area contributed by atoms with E-state index in [4.69, 9.17) is 4.74 Å². The summed E-state index contributed by atoms with van der Waals surface area (Å²) in [5.41, 5.74) is 0.829. The van der Waals surface area contributed by atoms with Crippen molar-refractivity contribution >= 4 is 18.3 Å². The molecule has 0 saturated heterocycles. The predicted octanol–water partition coefficient (Wildman–Crippen LogP) is 1.92. The maximum atomic E-state index is 12.2. The summed E-state index contributed by atoms with van der Waals surface area (Å²) < 4.78 is 6.57. The van der Waals surface area contributed by atoms with Crippen LogP contribution < -0.4 is 10.5 Å². The molecule has 0 aliphatic carbocycles. The maximum Gasteiger partial charge on any atom is 0.268 e. The Hall–Kier alpha value is -1.01. The number of aromatic nitrogens is 2. The summed E-state index contributed by atoms with van der Waals surface area (Å²) >= 11 is 4.40. The van der Waals surface area contributed by atoms with E-state index in [1.54, 1.807) is 19.4 Å². The van der Waals surface area contributed by atoms with Crippen LogP contribution in [0.1, 0.15) is 20.8 Å². The van der Waals surface area contributed by atoms with Crippen LogP contribution >= 0.6 is 12.6 Å². The van der Waals surface area contributed by atoms with Crippen molar-refractivity contribution < 1.29 is 4.74 Å². The van der Waals surface area contributed by atoms with Gasteiger partial charge in [0.1, 0.15) is 0 Å². The molecular formula is C15H27N3O2S. The number of likely N-dealkylation sites (N-methyl/N-ethyl adjacent to an activating group) is 1. The lowest BCUT2D eigenvalue weighted by molar-refractivity contribution is 0.206. The second kappa shape index (κ2) is 7.84. The van der Waals surface area contributed by atoms with Crippen LogP contribution in [-0.2, 0) is 11.3 Å². The molecule has 0 bridgehead atoms. The number of anilines is 1. The van der Waals surface area contributed by atoms with Gasteiger partial charge in [-0.05, 0) is 17.1 Å². The summed E-state index contributed by atoms with van der Waals surface area (Å²) in [6.07, 6.45) is 1.73. The van der Waals surface area contributed by atoms with Gasteiger partial charge < -0.3 is 9.64 Å². The van der Waals surface area contributed by atoms with Gasteiger partial charge in [0.05, 0.1) is 18.5 Å². The molecule has 5 nitrogen and oxygen atoms in total. The van der Waals surface area contributed by atoms with Crippen LogP contribution in [0.2, 0.25) is 0 Å². The van der Waals surface area contributed by atoms with Gasteiger partial charge in [-0.15, -0.1) is 0 Å². The maximum absolute atomic E-state index is 12.2. The lowest BCUT2D eigenvalue weighted by Gasteiger charge is -2.29. The fraction of sp³-hybridized carbons (Fsp3) is 0.733. The second-order valence-electron chi connectivity index (χ2n) is 6.39. The van der Waals surface area contributed by atoms with Gasteiger partial charge in [0.2, 0.25) is 0 Å². The summed E-state index contributed by atoms with van der Waals surface area (Å²) in [6, 6.07) is 1.63. The summed E-state index contributed by atoms with van der Waals surface area (Å²) in [7, 11) is 3.58. The molecule has 120 valence electrons. The summed E-state index contributed by atoms with van der Waals surface area (Å²) in [6.45, 7) is 8.41. The van der Waals surface area contributed by atoms with Crippen LogP contribution in [0.5, 0.6) is 0 Å². The number of hydrogen-bond acceptors (Lipinski definition) is 5. The van der Waals surface area contributed by atoms with Crippen molar-refractivity contribution in [3.8, 4) is 0 Å². The van der Waals surface area contributed by atoms with Crippen molar-refractivity contribution in [1.29, 1.82) is 0 Å². The van der Waals surface area contributed by atoms with Crippen LogP contribution in [0, 0.1) is 11.3 Å². The highest BCUT2D eigenvalue weighted by molar-refractivity contribution is 7.80. The van der Waals surface area contributed by atoms with Crippen molar-refractivity contribution in [2.75, 3.05) is 38.0 Å². The zero-order chi connectivity index (χ0) is 16.0. The van der Waals surface area contributed by atoms with Crippen LogP contribution in [0.15, 0.2) is 17.1 Å². The van der Waals surface area contributed by atoms with Crippen molar-refractivity contribution in [2.45, 2.75) is 27.3 Å². The molecule has 0 N–H and O–H groups in total. The smallest absolute Gasteiger partial charge is 0.268 e. The molecule has 0 aliphatic rings. The summed E-state index contributed by atoms with van der Waals surface area (Å²) in [5.74, 6) is 1.02. The van der Waals surface area contributed by atoms with Gasteiger partial charge in [-0.3, -0.25) is 4.79 Å². The fourth-order valence-electron chi connectivity index (χ4n) is 1.94. The fourth-order valence-corrected chi connectivity index (χ4v) is 2.60. The standard InChI is InChI=1S/C15H27N3O2S/c1-15(2,3)12(11-21)10-18-14(19)8-13(9-16-18)17(4)6-7-20-5/h8-9,12,21H,6-7,10-11H2,1-5H3. The second-order valence-corrected chi connectivity index (χ2v) is 6.76. The Bertz CT molecular complexity index is 496. The van der Waals surface area contributed by atoms with Gasteiger partial charge in [-0.25, -0.2) is 4.68 Å². The molecular weight excluding hydrogens is 286 g/mol. The molecule has 0 saturated carbocycles. The molecule has 0 amide bonds. The molecule has 1 unspecified atom stereocenters. The number of hydrogen-bond donors (Lipinski definition) is 1. The molecule has 1 aromatic rings. The Kier molecular flexibility index (Phi) is 6.74. The summed E-state index contributed by atoms with van der Waals surface area (Å²) in [5, 5.41) is 4.30. The van der Waals surface area contributed by atoms with E-state index in [-0.39, 0.29) is 11.0 Å². The monoisotopic (exact) mass is 313 g/mol. The van der Waals surface area contributed by atoms with Gasteiger partial charge in [-0.1, -0.05) is 20.8 Å². The van der Waals surface area contributed by atoms with Gasteiger partial charge in [0.25, 0.3) is 5.56 Å². The number of thiol groups is 1. The van der Waals surface area contributed by atoms with Crippen molar-refractivity contribution in [3.63, 3.8) is 0 Å². The quantitative estimate of drug-likeness (QED) is 0.781. The van der Waals surface area contributed by atoms with Crippen molar-refractivity contribution in [3.05, 3.63) is 22.6 Å². The lowest BCUT2D eigenvalue weighted by atomic mass is 9.82. The Morgan fingerprint density at radius 2 is 2.14 bits per heavy atom. The average molecular weight is 313 g/mol. The van der Waals surface area contributed by atoms with Crippen LogP contribution in [0.4, 0.5) is 5.69 Å². The molecule has 6 heteroatoms. The van der Waals surface area contributed by atoms with E-state index in [2.05, 4.69) is 38.5 Å². The zero-order valence-electron chi connectivity index (χ0n) is 13.7. The third-order valence-corrected chi connectivity index (χ3v) is 4.21. The highest BCUT2D eigenvalue weighted by Crippen LogP contribution is 2.27. The Morgan fingerprint density at radius 3 is 2.62 bits per heavy atom. The number of ether oxygens (including phenoxy) is 1. The molecule has 0 spiro atoms. The van der Waals surface area contributed by atoms with E-state index in [0.29, 0.717) is 19.1 Å². The van der Waals surface area contributed by atoms with Crippen LogP contribution in [0.3, 0.4) is 0 Å². The van der Waals surface area contributed by atoms with E-state index in [1.807, 2.05) is 11.9 Å². The van der Waals surface area contributed by atoms with E-state index >= 15 is 0 Å². The van der Waals surface area contributed by atoms with E-state index < -0.39 is 0 Å². The predicted molar refractivity (Wildman–Crippen MR) is 90.4 cm³/mol.